The van der Waals surface area contributed by atoms with Crippen molar-refractivity contribution in [2.45, 2.75) is 18.9 Å². The Hall–Kier alpha value is -4.03. The molecule has 0 saturated carbocycles. The topological polar surface area (TPSA) is 66.5 Å². The number of halogens is 7. The van der Waals surface area contributed by atoms with E-state index in [1.54, 1.807) is 0 Å². The Morgan fingerprint density at radius 1 is 1.00 bits per heavy atom. The minimum absolute atomic E-state index is 0.0324. The molecule has 0 N–H and O–H groups in total. The molecule has 190 valence electrons. The van der Waals surface area contributed by atoms with Crippen LogP contribution in [-0.2, 0) is 18.9 Å². The van der Waals surface area contributed by atoms with Gasteiger partial charge in [-0.1, -0.05) is 0 Å². The number of ether oxygens (including phenoxy) is 2. The van der Waals surface area contributed by atoms with Crippen molar-refractivity contribution in [3.63, 3.8) is 0 Å². The quantitative estimate of drug-likeness (QED) is 0.309. The van der Waals surface area contributed by atoms with E-state index in [9.17, 15) is 35.5 Å². The number of rotatable bonds is 5. The van der Waals surface area contributed by atoms with Crippen LogP contribution in [0.1, 0.15) is 16.9 Å². The highest BCUT2D eigenvalue weighted by atomic mass is 19.4. The molecular formula is C23H15F7N2O4. The molecule has 0 aliphatic rings. The lowest BCUT2D eigenvalue weighted by atomic mass is 10.0. The molecule has 0 saturated heterocycles. The van der Waals surface area contributed by atoms with Gasteiger partial charge in [0.05, 0.1) is 43.5 Å². The van der Waals surface area contributed by atoms with E-state index in [0.717, 1.165) is 24.2 Å². The Morgan fingerprint density at radius 3 is 2.33 bits per heavy atom. The zero-order chi connectivity index (χ0) is 26.4. The lowest BCUT2D eigenvalue weighted by Gasteiger charge is -2.14. The monoisotopic (exact) mass is 516 g/mol. The van der Waals surface area contributed by atoms with Gasteiger partial charge in [-0.2, -0.15) is 31.4 Å². The molecule has 0 aliphatic carbocycles. The van der Waals surface area contributed by atoms with Crippen LogP contribution in [-0.4, -0.2) is 24.0 Å². The van der Waals surface area contributed by atoms with Gasteiger partial charge >= 0.3 is 12.4 Å². The molecule has 4 aromatic rings. The molecule has 0 aliphatic heterocycles. The number of aromatic nitrogens is 2. The molecule has 0 amide bonds. The van der Waals surface area contributed by atoms with E-state index in [-0.39, 0.29) is 22.4 Å². The van der Waals surface area contributed by atoms with Crippen molar-refractivity contribution >= 4 is 11.0 Å². The van der Waals surface area contributed by atoms with Crippen LogP contribution in [0.2, 0.25) is 0 Å². The van der Waals surface area contributed by atoms with E-state index in [4.69, 9.17) is 13.9 Å². The molecule has 2 aromatic carbocycles. The van der Waals surface area contributed by atoms with Crippen molar-refractivity contribution in [2.24, 2.45) is 0 Å². The van der Waals surface area contributed by atoms with Crippen molar-refractivity contribution in [1.29, 1.82) is 0 Å². The molecule has 0 bridgehead atoms. The van der Waals surface area contributed by atoms with Crippen molar-refractivity contribution in [2.75, 3.05) is 14.2 Å². The summed E-state index contributed by atoms with van der Waals surface area (Å²) in [5, 5.41) is 3.56. The Bertz CT molecular complexity index is 1500. The molecule has 0 radical (unpaired) electrons. The van der Waals surface area contributed by atoms with Crippen LogP contribution < -0.4 is 14.9 Å². The number of nitrogens with zero attached hydrogens (tertiary/aromatic N) is 2. The zero-order valence-electron chi connectivity index (χ0n) is 18.4. The van der Waals surface area contributed by atoms with Crippen LogP contribution in [0.15, 0.2) is 51.9 Å². The fourth-order valence-electron chi connectivity index (χ4n) is 3.66. The average Bonchev–Trinajstić information content (AvgIpc) is 3.26. The summed E-state index contributed by atoms with van der Waals surface area (Å²) in [6, 6.07) is 4.28. The van der Waals surface area contributed by atoms with Crippen LogP contribution in [0.4, 0.5) is 30.7 Å². The molecule has 0 spiro atoms. The first-order valence-electron chi connectivity index (χ1n) is 10.0. The zero-order valence-corrected chi connectivity index (χ0v) is 18.4. The van der Waals surface area contributed by atoms with Crippen LogP contribution >= 0.6 is 0 Å². The largest absolute Gasteiger partial charge is 0.493 e. The van der Waals surface area contributed by atoms with Gasteiger partial charge in [0.15, 0.2) is 11.3 Å². The van der Waals surface area contributed by atoms with Crippen LogP contribution in [0.5, 0.6) is 11.5 Å². The fraction of sp³-hybridized carbons (Fsp3) is 0.217. The summed E-state index contributed by atoms with van der Waals surface area (Å²) in [6.07, 6.45) is -7.97. The maximum Gasteiger partial charge on any atom is 0.450 e. The van der Waals surface area contributed by atoms with Gasteiger partial charge in [0.2, 0.25) is 16.9 Å². The summed E-state index contributed by atoms with van der Waals surface area (Å²) < 4.78 is 111. The number of fused-ring (bicyclic) bond motifs is 1. The average molecular weight is 516 g/mol. The Kier molecular flexibility index (Phi) is 6.18. The normalized spacial score (nSPS) is 12.2. The second-order valence-electron chi connectivity index (χ2n) is 7.54. The van der Waals surface area contributed by atoms with Gasteiger partial charge in [-0.15, -0.1) is 0 Å². The number of benzene rings is 2. The van der Waals surface area contributed by atoms with Crippen LogP contribution in [0.25, 0.3) is 22.1 Å². The van der Waals surface area contributed by atoms with Crippen molar-refractivity contribution in [3.05, 3.63) is 75.7 Å². The van der Waals surface area contributed by atoms with Gasteiger partial charge in [0, 0.05) is 17.3 Å². The maximum absolute atomic E-state index is 14.1. The lowest BCUT2D eigenvalue weighted by Crippen LogP contribution is -2.16. The van der Waals surface area contributed by atoms with Gasteiger partial charge in [-0.25, -0.2) is 4.39 Å². The van der Waals surface area contributed by atoms with E-state index in [1.807, 2.05) is 0 Å². The molecule has 13 heteroatoms. The summed E-state index contributed by atoms with van der Waals surface area (Å²) in [6.45, 7) is -0.541. The first-order valence-corrected chi connectivity index (χ1v) is 10.0. The number of methoxy groups -OCH3 is 2. The predicted octanol–water partition coefficient (Wildman–Crippen LogP) is 5.90. The fourth-order valence-corrected chi connectivity index (χ4v) is 3.66. The second kappa shape index (κ2) is 8.88. The van der Waals surface area contributed by atoms with E-state index in [0.29, 0.717) is 18.2 Å². The molecular weight excluding hydrogens is 501 g/mol. The predicted molar refractivity (Wildman–Crippen MR) is 112 cm³/mol. The second-order valence-corrected chi connectivity index (χ2v) is 7.54. The highest BCUT2D eigenvalue weighted by Crippen LogP contribution is 2.41. The van der Waals surface area contributed by atoms with E-state index < -0.39 is 58.2 Å². The number of hydrogen-bond donors (Lipinski definition) is 0. The highest BCUT2D eigenvalue weighted by molar-refractivity contribution is 5.89. The van der Waals surface area contributed by atoms with Crippen LogP contribution in [0.3, 0.4) is 0 Å². The van der Waals surface area contributed by atoms with Crippen molar-refractivity contribution in [1.82, 2.24) is 9.78 Å². The third-order valence-corrected chi connectivity index (χ3v) is 5.29. The number of hydrogen-bond acceptors (Lipinski definition) is 5. The smallest absolute Gasteiger partial charge is 0.450 e. The van der Waals surface area contributed by atoms with Gasteiger partial charge in [-0.05, 0) is 30.3 Å². The standard InChI is InChI=1S/C23H15F7N2O4/c1-34-16-6-4-14-18(33)17(21(23(28,29)30)36-19(14)20(16)35-2)12-8-31-32(10-12)9-11-7-13(22(25,26)27)3-5-15(11)24/h3-8,10H,9H2,1-2H3. The Morgan fingerprint density at radius 2 is 1.72 bits per heavy atom. The lowest BCUT2D eigenvalue weighted by molar-refractivity contribution is -0.152. The summed E-state index contributed by atoms with van der Waals surface area (Å²) in [5.41, 5.74) is -4.27. The molecule has 2 heterocycles. The van der Waals surface area contributed by atoms with Gasteiger partial charge in [0.25, 0.3) is 0 Å². The molecule has 0 atom stereocenters. The van der Waals surface area contributed by atoms with Gasteiger partial charge in [-0.3, -0.25) is 9.48 Å². The van der Waals surface area contributed by atoms with Crippen molar-refractivity contribution < 1.29 is 44.6 Å². The third-order valence-electron chi connectivity index (χ3n) is 5.29. The summed E-state index contributed by atoms with van der Waals surface area (Å²) in [5.74, 6) is -2.80. The summed E-state index contributed by atoms with van der Waals surface area (Å²) in [7, 11) is 2.41. The van der Waals surface area contributed by atoms with E-state index in [2.05, 4.69) is 5.10 Å². The first-order chi connectivity index (χ1) is 16.8. The number of alkyl halides is 6. The maximum atomic E-state index is 14.1. The molecule has 6 nitrogen and oxygen atoms in total. The van der Waals surface area contributed by atoms with Gasteiger partial charge < -0.3 is 13.9 Å². The summed E-state index contributed by atoms with van der Waals surface area (Å²) >= 11 is 0. The minimum atomic E-state index is -5.12. The van der Waals surface area contributed by atoms with E-state index in [1.165, 1.54) is 19.2 Å². The molecule has 36 heavy (non-hydrogen) atoms. The SMILES string of the molecule is COc1ccc2c(=O)c(-c3cnn(Cc4cc(C(F)(F)F)ccc4F)c3)c(C(F)(F)F)oc2c1OC. The van der Waals surface area contributed by atoms with Crippen molar-refractivity contribution in [3.8, 4) is 22.6 Å². The van der Waals surface area contributed by atoms with Crippen LogP contribution in [0, 0.1) is 5.82 Å². The minimum Gasteiger partial charge on any atom is -0.493 e. The highest BCUT2D eigenvalue weighted by Gasteiger charge is 2.40. The Balaban J connectivity index is 1.85. The first kappa shape index (κ1) is 25.1. The Labute approximate surface area is 197 Å². The van der Waals surface area contributed by atoms with Gasteiger partial charge in [0.1, 0.15) is 5.82 Å². The molecule has 0 unspecified atom stereocenters. The molecule has 4 rings (SSSR count). The molecule has 0 fully saturated rings. The van der Waals surface area contributed by atoms with E-state index >= 15 is 0 Å². The summed E-state index contributed by atoms with van der Waals surface area (Å²) in [4.78, 5) is 13.2. The molecule has 2 aromatic heterocycles. The third kappa shape index (κ3) is 4.48.